The van der Waals surface area contributed by atoms with Gasteiger partial charge >= 0.3 is 6.36 Å². The number of anilines is 2. The van der Waals surface area contributed by atoms with Gasteiger partial charge < -0.3 is 15.0 Å². The van der Waals surface area contributed by atoms with Crippen molar-refractivity contribution in [3.8, 4) is 11.8 Å². The maximum absolute atomic E-state index is 12.7. The van der Waals surface area contributed by atoms with Crippen molar-refractivity contribution < 1.29 is 22.7 Å². The maximum Gasteiger partial charge on any atom is 0.573 e. The van der Waals surface area contributed by atoms with E-state index in [9.17, 15) is 18.0 Å². The summed E-state index contributed by atoms with van der Waals surface area (Å²) in [6.07, 6.45) is -3.88. The molecule has 1 N–H and O–H groups in total. The van der Waals surface area contributed by atoms with Gasteiger partial charge in [-0.2, -0.15) is 5.26 Å². The Morgan fingerprint density at radius 2 is 1.74 bits per heavy atom. The molecule has 31 heavy (non-hydrogen) atoms. The Labute approximate surface area is 178 Å². The van der Waals surface area contributed by atoms with E-state index >= 15 is 0 Å². The second-order valence-electron chi connectivity index (χ2n) is 7.27. The number of carbonyl (C=O) groups excluding carboxylic acids is 1. The summed E-state index contributed by atoms with van der Waals surface area (Å²) in [6, 6.07) is 14.2. The van der Waals surface area contributed by atoms with E-state index in [0.29, 0.717) is 17.8 Å². The summed E-state index contributed by atoms with van der Waals surface area (Å²) in [6.45, 7) is 4.84. The molecule has 0 spiro atoms. The smallest absolute Gasteiger partial charge is 0.406 e. The van der Waals surface area contributed by atoms with Crippen LogP contribution in [0.5, 0.6) is 5.75 Å². The summed E-state index contributed by atoms with van der Waals surface area (Å²) in [5.74, 6) is -0.565. The normalized spacial score (nSPS) is 16.2. The molecule has 0 saturated carbocycles. The molecule has 1 atom stereocenters. The number of hydrogen-bond acceptors (Lipinski definition) is 5. The highest BCUT2D eigenvalue weighted by Gasteiger charge is 2.31. The Hall–Kier alpha value is -3.25. The monoisotopic (exact) mass is 432 g/mol. The van der Waals surface area contributed by atoms with Gasteiger partial charge in [0.25, 0.3) is 0 Å². The number of halogens is 3. The van der Waals surface area contributed by atoms with Gasteiger partial charge in [-0.1, -0.05) is 0 Å². The van der Waals surface area contributed by atoms with Crippen molar-refractivity contribution in [1.29, 1.82) is 5.26 Å². The number of benzene rings is 2. The van der Waals surface area contributed by atoms with E-state index in [4.69, 9.17) is 5.26 Å². The minimum absolute atomic E-state index is 0.226. The average Bonchev–Trinajstić information content (AvgIpc) is 3.00. The number of nitrogens with one attached hydrogen (secondary N) is 1. The molecule has 1 aliphatic rings. The molecular formula is C22H23F3N4O2. The standard InChI is InChI=1S/C22H23F3N4O2/c1-16(21(30)27-18-5-9-20(10-6-18)31-22(23,24)25)28-11-2-12-29(14-13-28)19-7-3-17(15-26)4-8-19/h3-10,16H,2,11-14H2,1H3,(H,27,30). The molecule has 6 nitrogen and oxygen atoms in total. The first kappa shape index (κ1) is 22.4. The fourth-order valence-electron chi connectivity index (χ4n) is 3.48. The molecule has 1 fully saturated rings. The number of carbonyl (C=O) groups is 1. The molecule has 0 bridgehead atoms. The van der Waals surface area contributed by atoms with E-state index in [-0.39, 0.29) is 11.7 Å². The van der Waals surface area contributed by atoms with Crippen LogP contribution in [0.25, 0.3) is 0 Å². The number of amides is 1. The summed E-state index contributed by atoms with van der Waals surface area (Å²) >= 11 is 0. The third-order valence-corrected chi connectivity index (χ3v) is 5.17. The first-order valence-corrected chi connectivity index (χ1v) is 9.91. The van der Waals surface area contributed by atoms with Crippen LogP contribution in [0.1, 0.15) is 18.9 Å². The third kappa shape index (κ3) is 6.36. The third-order valence-electron chi connectivity index (χ3n) is 5.17. The van der Waals surface area contributed by atoms with Crippen molar-refractivity contribution in [3.05, 3.63) is 54.1 Å². The molecule has 164 valence electrons. The fraction of sp³-hybridized carbons (Fsp3) is 0.364. The van der Waals surface area contributed by atoms with Crippen LogP contribution in [0.15, 0.2) is 48.5 Å². The Morgan fingerprint density at radius 1 is 1.06 bits per heavy atom. The number of alkyl halides is 3. The number of nitriles is 1. The molecule has 1 unspecified atom stereocenters. The van der Waals surface area contributed by atoms with Crippen LogP contribution in [-0.2, 0) is 4.79 Å². The van der Waals surface area contributed by atoms with Crippen LogP contribution in [0.3, 0.4) is 0 Å². The Bertz CT molecular complexity index is 924. The van der Waals surface area contributed by atoms with Gasteiger partial charge in [-0.05, 0) is 61.9 Å². The summed E-state index contributed by atoms with van der Waals surface area (Å²) < 4.78 is 40.6. The second-order valence-corrected chi connectivity index (χ2v) is 7.27. The zero-order valence-electron chi connectivity index (χ0n) is 17.0. The molecule has 0 aromatic heterocycles. The van der Waals surface area contributed by atoms with Gasteiger partial charge in [-0.25, -0.2) is 0 Å². The molecule has 9 heteroatoms. The highest BCUT2D eigenvalue weighted by Crippen LogP contribution is 2.24. The van der Waals surface area contributed by atoms with Crippen molar-refractivity contribution in [2.24, 2.45) is 0 Å². The lowest BCUT2D eigenvalue weighted by atomic mass is 10.2. The topological polar surface area (TPSA) is 68.6 Å². The average molecular weight is 432 g/mol. The van der Waals surface area contributed by atoms with Gasteiger partial charge in [-0.15, -0.1) is 13.2 Å². The van der Waals surface area contributed by atoms with Gasteiger partial charge in [0.2, 0.25) is 5.91 Å². The van der Waals surface area contributed by atoms with Crippen molar-refractivity contribution in [1.82, 2.24) is 4.90 Å². The number of hydrogen-bond donors (Lipinski definition) is 1. The van der Waals surface area contributed by atoms with E-state index in [1.165, 1.54) is 12.1 Å². The molecule has 1 amide bonds. The SMILES string of the molecule is CC(C(=O)Nc1ccc(OC(F)(F)F)cc1)N1CCCN(c2ccc(C#N)cc2)CC1. The van der Waals surface area contributed by atoms with Gasteiger partial charge in [0.05, 0.1) is 17.7 Å². The molecule has 0 aliphatic carbocycles. The molecule has 2 aromatic rings. The largest absolute Gasteiger partial charge is 0.573 e. The minimum Gasteiger partial charge on any atom is -0.406 e. The van der Waals surface area contributed by atoms with Crippen LogP contribution in [0.4, 0.5) is 24.5 Å². The van der Waals surface area contributed by atoms with E-state index in [0.717, 1.165) is 43.9 Å². The molecule has 0 radical (unpaired) electrons. The van der Waals surface area contributed by atoms with Gasteiger partial charge in [0, 0.05) is 37.6 Å². The van der Waals surface area contributed by atoms with Crippen LogP contribution in [0.2, 0.25) is 0 Å². The lowest BCUT2D eigenvalue weighted by molar-refractivity contribution is -0.274. The molecular weight excluding hydrogens is 409 g/mol. The molecule has 1 aliphatic heterocycles. The lowest BCUT2D eigenvalue weighted by Gasteiger charge is -2.27. The summed E-state index contributed by atoms with van der Waals surface area (Å²) in [5, 5.41) is 11.7. The zero-order valence-corrected chi connectivity index (χ0v) is 17.0. The Balaban J connectivity index is 1.55. The number of nitrogens with zero attached hydrogens (tertiary/aromatic N) is 3. The highest BCUT2D eigenvalue weighted by molar-refractivity contribution is 5.94. The van der Waals surface area contributed by atoms with Gasteiger partial charge in [0.15, 0.2) is 0 Å². The van der Waals surface area contributed by atoms with Crippen LogP contribution in [-0.4, -0.2) is 49.4 Å². The maximum atomic E-state index is 12.7. The first-order chi connectivity index (χ1) is 14.7. The minimum atomic E-state index is -4.75. The quantitative estimate of drug-likeness (QED) is 0.774. The predicted molar refractivity (Wildman–Crippen MR) is 111 cm³/mol. The molecule has 1 saturated heterocycles. The van der Waals surface area contributed by atoms with Crippen LogP contribution >= 0.6 is 0 Å². The van der Waals surface area contributed by atoms with Crippen molar-refractivity contribution in [2.45, 2.75) is 25.7 Å². The summed E-state index contributed by atoms with van der Waals surface area (Å²) in [7, 11) is 0. The van der Waals surface area contributed by atoms with Gasteiger partial charge in [0.1, 0.15) is 5.75 Å². The molecule has 3 rings (SSSR count). The zero-order chi connectivity index (χ0) is 22.4. The molecule has 2 aromatic carbocycles. The second kappa shape index (κ2) is 9.71. The predicted octanol–water partition coefficient (Wildman–Crippen LogP) is 4.00. The van der Waals surface area contributed by atoms with E-state index in [1.807, 2.05) is 19.1 Å². The lowest BCUT2D eigenvalue weighted by Crippen LogP contribution is -2.43. The number of ether oxygens (including phenoxy) is 1. The Kier molecular flexibility index (Phi) is 7.02. The summed E-state index contributed by atoms with van der Waals surface area (Å²) in [5.41, 5.74) is 2.06. The molecule has 1 heterocycles. The van der Waals surface area contributed by atoms with Gasteiger partial charge in [-0.3, -0.25) is 9.69 Å². The van der Waals surface area contributed by atoms with Crippen molar-refractivity contribution in [2.75, 3.05) is 36.4 Å². The van der Waals surface area contributed by atoms with Crippen molar-refractivity contribution >= 4 is 17.3 Å². The van der Waals surface area contributed by atoms with Crippen LogP contribution < -0.4 is 15.0 Å². The van der Waals surface area contributed by atoms with Crippen LogP contribution in [0, 0.1) is 11.3 Å². The number of rotatable bonds is 5. The first-order valence-electron chi connectivity index (χ1n) is 9.91. The Morgan fingerprint density at radius 3 is 2.35 bits per heavy atom. The fourth-order valence-corrected chi connectivity index (χ4v) is 3.48. The highest BCUT2D eigenvalue weighted by atomic mass is 19.4. The summed E-state index contributed by atoms with van der Waals surface area (Å²) in [4.78, 5) is 17.0. The van der Waals surface area contributed by atoms with E-state index in [2.05, 4.69) is 25.9 Å². The van der Waals surface area contributed by atoms with E-state index < -0.39 is 12.4 Å². The van der Waals surface area contributed by atoms with Crippen molar-refractivity contribution in [3.63, 3.8) is 0 Å². The van der Waals surface area contributed by atoms with E-state index in [1.54, 1.807) is 12.1 Å².